The number of carbonyl (C=O) groups excluding carboxylic acids is 1. The number of nitrogens with zero attached hydrogens (tertiary/aromatic N) is 1. The van der Waals surface area contributed by atoms with Gasteiger partial charge in [-0.05, 0) is 37.8 Å². The van der Waals surface area contributed by atoms with Crippen LogP contribution >= 0.6 is 0 Å². The average molecular weight is 273 g/mol. The fourth-order valence-electron chi connectivity index (χ4n) is 2.44. The van der Waals surface area contributed by atoms with Crippen LogP contribution in [-0.4, -0.2) is 23.4 Å². The first-order valence-electron chi connectivity index (χ1n) is 7.04. The maximum absolute atomic E-state index is 13.8. The molecule has 0 fully saturated rings. The highest BCUT2D eigenvalue weighted by Crippen LogP contribution is 2.23. The number of hydrogen-bond acceptors (Lipinski definition) is 1. The van der Waals surface area contributed by atoms with Crippen LogP contribution in [-0.2, 0) is 0 Å². The Hall–Kier alpha value is -1.90. The van der Waals surface area contributed by atoms with E-state index in [1.54, 1.807) is 24.3 Å². The van der Waals surface area contributed by atoms with Gasteiger partial charge in [-0.1, -0.05) is 31.2 Å². The minimum atomic E-state index is -0.288. The minimum absolute atomic E-state index is 0.0296. The fourth-order valence-corrected chi connectivity index (χ4v) is 2.44. The lowest BCUT2D eigenvalue weighted by molar-refractivity contribution is 0.0708. The third-order valence-electron chi connectivity index (χ3n) is 3.45. The molecule has 0 bridgehead atoms. The summed E-state index contributed by atoms with van der Waals surface area (Å²) in [6.07, 6.45) is 0.906. The summed E-state index contributed by atoms with van der Waals surface area (Å²) >= 11 is 0. The molecular weight excluding hydrogens is 253 g/mol. The highest BCUT2D eigenvalue weighted by atomic mass is 19.1. The molecule has 20 heavy (non-hydrogen) atoms. The molecule has 0 radical (unpaired) electrons. The van der Waals surface area contributed by atoms with Crippen LogP contribution in [0, 0.1) is 5.82 Å². The van der Waals surface area contributed by atoms with Crippen LogP contribution in [0.2, 0.25) is 0 Å². The van der Waals surface area contributed by atoms with E-state index in [4.69, 9.17) is 0 Å². The zero-order valence-electron chi connectivity index (χ0n) is 12.2. The number of carbonyl (C=O) groups is 1. The summed E-state index contributed by atoms with van der Waals surface area (Å²) in [6, 6.07) is 10.2. The Morgan fingerprint density at radius 3 is 2.40 bits per heavy atom. The lowest BCUT2D eigenvalue weighted by Crippen LogP contribution is -2.37. The van der Waals surface area contributed by atoms with E-state index in [-0.39, 0.29) is 17.8 Å². The SMILES string of the molecule is CCCN(C(=O)c1ccc(F)c2ccccc12)C(C)C. The van der Waals surface area contributed by atoms with Gasteiger partial charge in [0, 0.05) is 23.5 Å². The normalized spacial score (nSPS) is 11.1. The van der Waals surface area contributed by atoms with Gasteiger partial charge in [-0.25, -0.2) is 4.39 Å². The van der Waals surface area contributed by atoms with Crippen molar-refractivity contribution < 1.29 is 9.18 Å². The lowest BCUT2D eigenvalue weighted by atomic mass is 10.0. The van der Waals surface area contributed by atoms with Gasteiger partial charge in [-0.2, -0.15) is 0 Å². The van der Waals surface area contributed by atoms with Gasteiger partial charge >= 0.3 is 0 Å². The van der Waals surface area contributed by atoms with E-state index >= 15 is 0 Å². The number of halogens is 1. The first-order valence-corrected chi connectivity index (χ1v) is 7.04. The molecule has 0 spiro atoms. The molecule has 0 atom stereocenters. The Morgan fingerprint density at radius 1 is 1.15 bits per heavy atom. The maximum atomic E-state index is 13.8. The summed E-state index contributed by atoms with van der Waals surface area (Å²) in [5.41, 5.74) is 0.573. The molecule has 0 saturated heterocycles. The van der Waals surface area contributed by atoms with Gasteiger partial charge in [0.05, 0.1) is 0 Å². The fraction of sp³-hybridized carbons (Fsp3) is 0.353. The third kappa shape index (κ3) is 2.67. The molecule has 0 unspecified atom stereocenters. The average Bonchev–Trinajstić information content (AvgIpc) is 2.44. The Labute approximate surface area is 119 Å². The molecule has 0 aliphatic carbocycles. The van der Waals surface area contributed by atoms with Crippen molar-refractivity contribution >= 4 is 16.7 Å². The minimum Gasteiger partial charge on any atom is -0.336 e. The molecule has 0 aromatic heterocycles. The smallest absolute Gasteiger partial charge is 0.254 e. The molecule has 0 aliphatic heterocycles. The first kappa shape index (κ1) is 14.5. The van der Waals surface area contributed by atoms with E-state index in [9.17, 15) is 9.18 Å². The van der Waals surface area contributed by atoms with E-state index in [2.05, 4.69) is 0 Å². The van der Waals surface area contributed by atoms with Crippen molar-refractivity contribution in [1.29, 1.82) is 0 Å². The predicted octanol–water partition coefficient (Wildman–Crippen LogP) is 4.24. The Morgan fingerprint density at radius 2 is 1.80 bits per heavy atom. The lowest BCUT2D eigenvalue weighted by Gasteiger charge is -2.27. The second-order valence-electron chi connectivity index (χ2n) is 5.23. The van der Waals surface area contributed by atoms with Crippen molar-refractivity contribution in [2.24, 2.45) is 0 Å². The maximum Gasteiger partial charge on any atom is 0.254 e. The summed E-state index contributed by atoms with van der Waals surface area (Å²) < 4.78 is 13.8. The van der Waals surface area contributed by atoms with Crippen LogP contribution < -0.4 is 0 Å². The molecule has 2 nitrogen and oxygen atoms in total. The van der Waals surface area contributed by atoms with Gasteiger partial charge in [-0.3, -0.25) is 4.79 Å². The number of amides is 1. The largest absolute Gasteiger partial charge is 0.336 e. The van der Waals surface area contributed by atoms with Gasteiger partial charge in [0.1, 0.15) is 5.82 Å². The molecule has 106 valence electrons. The first-order chi connectivity index (χ1) is 9.56. The van der Waals surface area contributed by atoms with E-state index in [0.29, 0.717) is 22.9 Å². The quantitative estimate of drug-likeness (QED) is 0.816. The number of hydrogen-bond donors (Lipinski definition) is 0. The Balaban J connectivity index is 2.52. The molecule has 3 heteroatoms. The van der Waals surface area contributed by atoms with Crippen LogP contribution in [0.15, 0.2) is 36.4 Å². The van der Waals surface area contributed by atoms with E-state index in [0.717, 1.165) is 6.42 Å². The monoisotopic (exact) mass is 273 g/mol. The third-order valence-corrected chi connectivity index (χ3v) is 3.45. The van der Waals surface area contributed by atoms with Crippen LogP contribution in [0.1, 0.15) is 37.6 Å². The zero-order chi connectivity index (χ0) is 14.7. The molecule has 2 aromatic carbocycles. The van der Waals surface area contributed by atoms with Gasteiger partial charge in [0.2, 0.25) is 0 Å². The van der Waals surface area contributed by atoms with Gasteiger partial charge < -0.3 is 4.90 Å². The topological polar surface area (TPSA) is 20.3 Å². The van der Waals surface area contributed by atoms with E-state index in [1.807, 2.05) is 31.7 Å². The molecule has 2 rings (SSSR count). The zero-order valence-corrected chi connectivity index (χ0v) is 12.2. The second-order valence-corrected chi connectivity index (χ2v) is 5.23. The van der Waals surface area contributed by atoms with Crippen molar-refractivity contribution in [3.63, 3.8) is 0 Å². The number of rotatable bonds is 4. The van der Waals surface area contributed by atoms with E-state index < -0.39 is 0 Å². The molecule has 0 aliphatic rings. The van der Waals surface area contributed by atoms with Gasteiger partial charge in [0.15, 0.2) is 0 Å². The van der Waals surface area contributed by atoms with Crippen molar-refractivity contribution in [1.82, 2.24) is 4.90 Å². The van der Waals surface area contributed by atoms with Crippen LogP contribution in [0.25, 0.3) is 10.8 Å². The molecule has 2 aromatic rings. The van der Waals surface area contributed by atoms with Crippen molar-refractivity contribution in [3.8, 4) is 0 Å². The predicted molar refractivity (Wildman–Crippen MR) is 80.4 cm³/mol. The standard InChI is InChI=1S/C17H20FNO/c1-4-11-19(12(2)3)17(20)15-9-10-16(18)14-8-6-5-7-13(14)15/h5-10,12H,4,11H2,1-3H3. The highest BCUT2D eigenvalue weighted by Gasteiger charge is 2.20. The summed E-state index contributed by atoms with van der Waals surface area (Å²) in [7, 11) is 0. The molecular formula is C17H20FNO. The van der Waals surface area contributed by atoms with Gasteiger partial charge in [-0.15, -0.1) is 0 Å². The summed E-state index contributed by atoms with van der Waals surface area (Å²) in [5.74, 6) is -0.318. The summed E-state index contributed by atoms with van der Waals surface area (Å²) in [4.78, 5) is 14.5. The van der Waals surface area contributed by atoms with Gasteiger partial charge in [0.25, 0.3) is 5.91 Å². The molecule has 0 N–H and O–H groups in total. The molecule has 0 heterocycles. The summed E-state index contributed by atoms with van der Waals surface area (Å²) in [5, 5.41) is 1.18. The Kier molecular flexibility index (Phi) is 4.38. The van der Waals surface area contributed by atoms with Crippen LogP contribution in [0.4, 0.5) is 4.39 Å². The summed E-state index contributed by atoms with van der Waals surface area (Å²) in [6.45, 7) is 6.76. The molecule has 0 saturated carbocycles. The Bertz CT molecular complexity index is 621. The van der Waals surface area contributed by atoms with Crippen LogP contribution in [0.5, 0.6) is 0 Å². The van der Waals surface area contributed by atoms with Crippen molar-refractivity contribution in [3.05, 3.63) is 47.8 Å². The van der Waals surface area contributed by atoms with Crippen molar-refractivity contribution in [2.75, 3.05) is 6.54 Å². The number of fused-ring (bicyclic) bond motifs is 1. The highest BCUT2D eigenvalue weighted by molar-refractivity contribution is 6.07. The molecule has 1 amide bonds. The van der Waals surface area contributed by atoms with Crippen molar-refractivity contribution in [2.45, 2.75) is 33.2 Å². The second kappa shape index (κ2) is 6.04. The van der Waals surface area contributed by atoms with E-state index in [1.165, 1.54) is 6.07 Å². The van der Waals surface area contributed by atoms with Crippen LogP contribution in [0.3, 0.4) is 0 Å². The number of benzene rings is 2.